The lowest BCUT2D eigenvalue weighted by Gasteiger charge is -2.25. The number of nitrogens with zero attached hydrogens (tertiary/aromatic N) is 2. The molecule has 21 heavy (non-hydrogen) atoms. The molecule has 0 amide bonds. The van der Waals surface area contributed by atoms with E-state index in [1.54, 1.807) is 0 Å². The van der Waals surface area contributed by atoms with Gasteiger partial charge in [-0.15, -0.1) is 11.6 Å². The Morgan fingerprint density at radius 1 is 1.33 bits per heavy atom. The van der Waals surface area contributed by atoms with E-state index < -0.39 is 9.84 Å². The van der Waals surface area contributed by atoms with Gasteiger partial charge >= 0.3 is 0 Å². The number of hydrogen-bond donors (Lipinski definition) is 0. The molecule has 2 aromatic rings. The van der Waals surface area contributed by atoms with Crippen molar-refractivity contribution in [2.24, 2.45) is 0 Å². The Balaban J connectivity index is 2.06. The number of rotatable bonds is 3. The molecule has 0 atom stereocenters. The summed E-state index contributed by atoms with van der Waals surface area (Å²) in [6, 6.07) is 6.41. The molecule has 1 fully saturated rings. The molecule has 2 heterocycles. The SMILES string of the molecule is Cc1ccc2nc(CCCl)n(C3CCS(=O)(=O)CC3)c2c1. The molecule has 0 radical (unpaired) electrons. The topological polar surface area (TPSA) is 52.0 Å². The molecule has 1 aromatic heterocycles. The Bertz CT molecular complexity index is 753. The Kier molecular flexibility index (Phi) is 3.97. The first-order valence-corrected chi connectivity index (χ1v) is 9.59. The van der Waals surface area contributed by atoms with E-state index in [1.165, 1.54) is 5.56 Å². The van der Waals surface area contributed by atoms with E-state index in [0.29, 0.717) is 25.1 Å². The number of aromatic nitrogens is 2. The van der Waals surface area contributed by atoms with Crippen molar-refractivity contribution in [2.75, 3.05) is 17.4 Å². The van der Waals surface area contributed by atoms with Crippen molar-refractivity contribution >= 4 is 32.5 Å². The van der Waals surface area contributed by atoms with E-state index in [2.05, 4.69) is 28.6 Å². The second-order valence-electron chi connectivity index (χ2n) is 5.71. The lowest BCUT2D eigenvalue weighted by atomic mass is 10.1. The fourth-order valence-electron chi connectivity index (χ4n) is 3.06. The van der Waals surface area contributed by atoms with E-state index in [0.717, 1.165) is 16.9 Å². The number of aryl methyl sites for hydroxylation is 2. The number of benzene rings is 1. The van der Waals surface area contributed by atoms with Crippen molar-refractivity contribution < 1.29 is 8.42 Å². The largest absolute Gasteiger partial charge is 0.325 e. The molecule has 0 spiro atoms. The fourth-order valence-corrected chi connectivity index (χ4v) is 4.69. The number of alkyl halides is 1. The van der Waals surface area contributed by atoms with Crippen LogP contribution in [0, 0.1) is 6.92 Å². The monoisotopic (exact) mass is 326 g/mol. The number of hydrogen-bond acceptors (Lipinski definition) is 3. The summed E-state index contributed by atoms with van der Waals surface area (Å²) in [6.45, 7) is 2.06. The first-order valence-electron chi connectivity index (χ1n) is 7.24. The van der Waals surface area contributed by atoms with Crippen molar-refractivity contribution in [1.82, 2.24) is 9.55 Å². The van der Waals surface area contributed by atoms with Crippen molar-refractivity contribution in [1.29, 1.82) is 0 Å². The van der Waals surface area contributed by atoms with Crippen LogP contribution in [0.1, 0.15) is 30.3 Å². The third-order valence-electron chi connectivity index (χ3n) is 4.13. The van der Waals surface area contributed by atoms with Crippen LogP contribution >= 0.6 is 11.6 Å². The molecule has 1 aromatic carbocycles. The summed E-state index contributed by atoms with van der Waals surface area (Å²) >= 11 is 5.90. The third kappa shape index (κ3) is 2.94. The van der Waals surface area contributed by atoms with Crippen LogP contribution in [0.4, 0.5) is 0 Å². The van der Waals surface area contributed by atoms with Gasteiger partial charge in [0.05, 0.1) is 22.5 Å². The molecule has 0 aliphatic carbocycles. The minimum Gasteiger partial charge on any atom is -0.325 e. The highest BCUT2D eigenvalue weighted by Gasteiger charge is 2.27. The van der Waals surface area contributed by atoms with Gasteiger partial charge in [-0.2, -0.15) is 0 Å². The molecular weight excluding hydrogens is 308 g/mol. The Labute approximate surface area is 130 Å². The van der Waals surface area contributed by atoms with E-state index in [9.17, 15) is 8.42 Å². The van der Waals surface area contributed by atoms with Crippen LogP contribution in [0.5, 0.6) is 0 Å². The predicted molar refractivity (Wildman–Crippen MR) is 85.8 cm³/mol. The Morgan fingerprint density at radius 3 is 2.71 bits per heavy atom. The molecule has 1 saturated heterocycles. The maximum absolute atomic E-state index is 11.6. The highest BCUT2D eigenvalue weighted by Crippen LogP contribution is 2.30. The summed E-state index contributed by atoms with van der Waals surface area (Å²) in [5.74, 6) is 2.02. The van der Waals surface area contributed by atoms with Crippen LogP contribution in [-0.4, -0.2) is 35.4 Å². The molecule has 3 rings (SSSR count). The summed E-state index contributed by atoms with van der Waals surface area (Å²) in [5, 5.41) is 0. The minimum atomic E-state index is -2.85. The van der Waals surface area contributed by atoms with Crippen molar-refractivity contribution in [3.05, 3.63) is 29.6 Å². The number of imidazole rings is 1. The minimum absolute atomic E-state index is 0.207. The lowest BCUT2D eigenvalue weighted by Crippen LogP contribution is -2.26. The molecule has 0 unspecified atom stereocenters. The molecular formula is C15H19ClN2O2S. The van der Waals surface area contributed by atoms with Gasteiger partial charge in [-0.25, -0.2) is 13.4 Å². The predicted octanol–water partition coefficient (Wildman–Crippen LogP) is 2.88. The standard InChI is InChI=1S/C15H19ClN2O2S/c1-11-2-3-13-14(10-11)18(15(17-13)4-7-16)12-5-8-21(19,20)9-6-12/h2-3,10,12H,4-9H2,1H3. The summed E-state index contributed by atoms with van der Waals surface area (Å²) in [5.41, 5.74) is 3.25. The van der Waals surface area contributed by atoms with Crippen molar-refractivity contribution in [3.63, 3.8) is 0 Å². The number of fused-ring (bicyclic) bond motifs is 1. The van der Waals surface area contributed by atoms with Gasteiger partial charge in [-0.05, 0) is 37.5 Å². The van der Waals surface area contributed by atoms with Gasteiger partial charge in [0.2, 0.25) is 0 Å². The highest BCUT2D eigenvalue weighted by atomic mass is 35.5. The Hall–Kier alpha value is -1.07. The van der Waals surface area contributed by atoms with Gasteiger partial charge in [0.25, 0.3) is 0 Å². The molecule has 0 N–H and O–H groups in total. The maximum Gasteiger partial charge on any atom is 0.150 e. The van der Waals surface area contributed by atoms with Crippen LogP contribution in [0.3, 0.4) is 0 Å². The van der Waals surface area contributed by atoms with Crippen LogP contribution in [0.25, 0.3) is 11.0 Å². The maximum atomic E-state index is 11.6. The van der Waals surface area contributed by atoms with Crippen LogP contribution in [0.15, 0.2) is 18.2 Å². The van der Waals surface area contributed by atoms with Gasteiger partial charge in [0.1, 0.15) is 15.7 Å². The normalized spacial score (nSPS) is 19.1. The van der Waals surface area contributed by atoms with E-state index in [1.807, 2.05) is 6.07 Å². The van der Waals surface area contributed by atoms with Crippen LogP contribution in [0.2, 0.25) is 0 Å². The summed E-state index contributed by atoms with van der Waals surface area (Å²) in [7, 11) is -2.85. The zero-order valence-electron chi connectivity index (χ0n) is 12.0. The Morgan fingerprint density at radius 2 is 2.05 bits per heavy atom. The average Bonchev–Trinajstić information content (AvgIpc) is 2.77. The smallest absolute Gasteiger partial charge is 0.150 e. The van der Waals surface area contributed by atoms with Crippen molar-refractivity contribution in [2.45, 2.75) is 32.2 Å². The van der Waals surface area contributed by atoms with E-state index in [-0.39, 0.29) is 17.5 Å². The first-order chi connectivity index (χ1) is 10.00. The molecule has 114 valence electrons. The van der Waals surface area contributed by atoms with Gasteiger partial charge in [0, 0.05) is 18.3 Å². The van der Waals surface area contributed by atoms with E-state index in [4.69, 9.17) is 11.6 Å². The number of sulfone groups is 1. The van der Waals surface area contributed by atoms with Crippen LogP contribution in [-0.2, 0) is 16.3 Å². The fraction of sp³-hybridized carbons (Fsp3) is 0.533. The summed E-state index contributed by atoms with van der Waals surface area (Å²) in [6.07, 6.45) is 2.03. The zero-order chi connectivity index (χ0) is 15.0. The molecule has 1 aliphatic heterocycles. The summed E-state index contributed by atoms with van der Waals surface area (Å²) in [4.78, 5) is 4.68. The van der Waals surface area contributed by atoms with E-state index >= 15 is 0 Å². The van der Waals surface area contributed by atoms with Crippen LogP contribution < -0.4 is 0 Å². The second kappa shape index (κ2) is 5.61. The zero-order valence-corrected chi connectivity index (χ0v) is 13.6. The van der Waals surface area contributed by atoms with Gasteiger partial charge in [-0.3, -0.25) is 0 Å². The molecule has 4 nitrogen and oxygen atoms in total. The lowest BCUT2D eigenvalue weighted by molar-refractivity contribution is 0.447. The molecule has 0 bridgehead atoms. The van der Waals surface area contributed by atoms with Crippen molar-refractivity contribution in [3.8, 4) is 0 Å². The molecule has 1 aliphatic rings. The summed E-state index contributed by atoms with van der Waals surface area (Å²) < 4.78 is 25.5. The average molecular weight is 327 g/mol. The second-order valence-corrected chi connectivity index (χ2v) is 8.39. The quantitative estimate of drug-likeness (QED) is 0.815. The van der Waals surface area contributed by atoms with Gasteiger partial charge in [0.15, 0.2) is 0 Å². The third-order valence-corrected chi connectivity index (χ3v) is 6.03. The molecule has 6 heteroatoms. The first kappa shape index (κ1) is 14.9. The number of halogens is 1. The van der Waals surface area contributed by atoms with Gasteiger partial charge in [-0.1, -0.05) is 6.07 Å². The molecule has 0 saturated carbocycles. The van der Waals surface area contributed by atoms with Gasteiger partial charge < -0.3 is 4.57 Å². The highest BCUT2D eigenvalue weighted by molar-refractivity contribution is 7.91.